The summed E-state index contributed by atoms with van der Waals surface area (Å²) >= 11 is 0. The zero-order valence-corrected chi connectivity index (χ0v) is 21.4. The first-order valence-electron chi connectivity index (χ1n) is 12.2. The molecular formula is C27H33NO9. The Kier molecular flexibility index (Phi) is 7.66. The van der Waals surface area contributed by atoms with E-state index in [0.29, 0.717) is 17.1 Å². The fraction of sp³-hybridized carbons (Fsp3) is 0.519. The van der Waals surface area contributed by atoms with Crippen molar-refractivity contribution in [3.8, 4) is 11.5 Å². The lowest BCUT2D eigenvalue weighted by molar-refractivity contribution is -0.217. The van der Waals surface area contributed by atoms with Crippen LogP contribution in [0.4, 0.5) is 0 Å². The van der Waals surface area contributed by atoms with Gasteiger partial charge in [-0.3, -0.25) is 4.79 Å². The van der Waals surface area contributed by atoms with Crippen LogP contribution in [0, 0.1) is 0 Å². The molecule has 1 saturated heterocycles. The van der Waals surface area contributed by atoms with Crippen LogP contribution in [-0.2, 0) is 28.4 Å². The minimum absolute atomic E-state index is 0.0134. The normalized spacial score (nSPS) is 29.6. The zero-order valence-electron chi connectivity index (χ0n) is 21.4. The fourth-order valence-electron chi connectivity index (χ4n) is 5.34. The molecule has 6 atom stereocenters. The molecule has 10 nitrogen and oxygen atoms in total. The summed E-state index contributed by atoms with van der Waals surface area (Å²) in [6, 6.07) is 14.2. The second kappa shape index (κ2) is 10.9. The maximum atomic E-state index is 13.4. The number of amides is 1. The molecule has 5 rings (SSSR count). The van der Waals surface area contributed by atoms with Crippen LogP contribution in [0.3, 0.4) is 0 Å². The third kappa shape index (κ3) is 5.31. The molecule has 2 heterocycles. The number of nitrogens with one attached hydrogen (secondary N) is 1. The lowest BCUT2D eigenvalue weighted by Crippen LogP contribution is -2.65. The first-order valence-corrected chi connectivity index (χ1v) is 12.2. The number of ether oxygens (including phenoxy) is 8. The van der Waals surface area contributed by atoms with E-state index in [1.807, 2.05) is 50.2 Å². The molecule has 0 radical (unpaired) electrons. The lowest BCUT2D eigenvalue weighted by Gasteiger charge is -2.47. The van der Waals surface area contributed by atoms with Crippen LogP contribution in [0.5, 0.6) is 11.5 Å². The Hall–Kier alpha value is -2.73. The number of methoxy groups -OCH3 is 2. The Morgan fingerprint density at radius 1 is 0.919 bits per heavy atom. The average Bonchev–Trinajstić information content (AvgIpc) is 3.50. The van der Waals surface area contributed by atoms with E-state index in [-0.39, 0.29) is 26.3 Å². The molecule has 2 aromatic rings. The molecule has 0 unspecified atom stereocenters. The second-order valence-corrected chi connectivity index (χ2v) is 9.64. The largest absolute Gasteiger partial charge is 0.454 e. The van der Waals surface area contributed by atoms with Crippen molar-refractivity contribution in [2.75, 3.05) is 34.6 Å². The topological polar surface area (TPSA) is 103 Å². The van der Waals surface area contributed by atoms with Gasteiger partial charge in [0.25, 0.3) is 5.91 Å². The Morgan fingerprint density at radius 2 is 1.59 bits per heavy atom. The van der Waals surface area contributed by atoms with Crippen LogP contribution in [0.15, 0.2) is 48.5 Å². The van der Waals surface area contributed by atoms with Gasteiger partial charge in [-0.05, 0) is 43.7 Å². The summed E-state index contributed by atoms with van der Waals surface area (Å²) in [5.74, 6) is -0.278. The van der Waals surface area contributed by atoms with Crippen molar-refractivity contribution in [2.45, 2.75) is 56.0 Å². The summed E-state index contributed by atoms with van der Waals surface area (Å²) in [7, 11) is 3.11. The van der Waals surface area contributed by atoms with Gasteiger partial charge >= 0.3 is 0 Å². The SMILES string of the molecule is COCO[C@@H]1[C@H]2OC(C)(C)O[C@H]2[C@H](NC(=O)c2ccccc2)[C@H](c2ccc3c(c2)OCO3)[C@H]1OCOC. The van der Waals surface area contributed by atoms with Crippen molar-refractivity contribution in [1.29, 1.82) is 0 Å². The molecule has 37 heavy (non-hydrogen) atoms. The van der Waals surface area contributed by atoms with Crippen molar-refractivity contribution in [2.24, 2.45) is 0 Å². The standard InChI is InChI=1S/C27H33NO9/c1-27(2)36-23-21(28-26(29)16-8-6-5-7-9-16)20(17-10-11-18-19(12-17)33-15-32-18)22(34-13-30-3)24(25(23)37-27)35-14-31-4/h5-12,20-25H,13-15H2,1-4H3,(H,28,29)/t20-,21+,22+,23-,24-,25-/m0/s1. The number of carbonyl (C=O) groups excluding carboxylic acids is 1. The molecule has 1 amide bonds. The third-order valence-electron chi connectivity index (χ3n) is 6.78. The van der Waals surface area contributed by atoms with Gasteiger partial charge in [-0.2, -0.15) is 0 Å². The quantitative estimate of drug-likeness (QED) is 0.505. The van der Waals surface area contributed by atoms with E-state index >= 15 is 0 Å². The van der Waals surface area contributed by atoms with Crippen LogP contribution in [0.25, 0.3) is 0 Å². The number of hydrogen-bond acceptors (Lipinski definition) is 9. The molecule has 3 aliphatic rings. The maximum Gasteiger partial charge on any atom is 0.251 e. The number of fused-ring (bicyclic) bond motifs is 2. The highest BCUT2D eigenvalue weighted by Gasteiger charge is 2.60. The van der Waals surface area contributed by atoms with Gasteiger partial charge in [0.1, 0.15) is 31.9 Å². The molecule has 0 bridgehead atoms. The fourth-order valence-corrected chi connectivity index (χ4v) is 5.34. The van der Waals surface area contributed by atoms with Gasteiger partial charge in [-0.25, -0.2) is 0 Å². The van der Waals surface area contributed by atoms with E-state index in [1.165, 1.54) is 0 Å². The molecule has 1 aliphatic carbocycles. The summed E-state index contributed by atoms with van der Waals surface area (Å²) in [5, 5.41) is 3.22. The lowest BCUT2D eigenvalue weighted by atomic mass is 9.73. The first-order chi connectivity index (χ1) is 17.9. The smallest absolute Gasteiger partial charge is 0.251 e. The van der Waals surface area contributed by atoms with Crippen molar-refractivity contribution in [3.05, 3.63) is 59.7 Å². The monoisotopic (exact) mass is 515 g/mol. The highest BCUT2D eigenvalue weighted by atomic mass is 16.8. The molecule has 1 N–H and O–H groups in total. The van der Waals surface area contributed by atoms with Gasteiger partial charge in [0, 0.05) is 25.7 Å². The zero-order chi connectivity index (χ0) is 26.0. The van der Waals surface area contributed by atoms with Gasteiger partial charge in [-0.1, -0.05) is 24.3 Å². The highest BCUT2D eigenvalue weighted by Crippen LogP contribution is 2.47. The van der Waals surface area contributed by atoms with E-state index in [1.54, 1.807) is 26.4 Å². The number of benzene rings is 2. The van der Waals surface area contributed by atoms with E-state index < -0.39 is 42.2 Å². The van der Waals surface area contributed by atoms with E-state index in [2.05, 4.69) is 5.32 Å². The molecule has 2 fully saturated rings. The van der Waals surface area contributed by atoms with Gasteiger partial charge in [0.05, 0.1) is 12.1 Å². The molecule has 10 heteroatoms. The molecule has 0 spiro atoms. The van der Waals surface area contributed by atoms with Gasteiger partial charge < -0.3 is 43.2 Å². The summed E-state index contributed by atoms with van der Waals surface area (Å²) in [6.07, 6.45) is -2.25. The van der Waals surface area contributed by atoms with E-state index in [4.69, 9.17) is 37.9 Å². The Morgan fingerprint density at radius 3 is 2.32 bits per heavy atom. The molecule has 0 aromatic heterocycles. The Balaban J connectivity index is 1.59. The van der Waals surface area contributed by atoms with E-state index in [9.17, 15) is 4.79 Å². The third-order valence-corrected chi connectivity index (χ3v) is 6.78. The maximum absolute atomic E-state index is 13.4. The van der Waals surface area contributed by atoms with Gasteiger partial charge in [0.15, 0.2) is 17.3 Å². The molecule has 2 aromatic carbocycles. The van der Waals surface area contributed by atoms with Crippen molar-refractivity contribution >= 4 is 5.91 Å². The summed E-state index contributed by atoms with van der Waals surface area (Å²) in [4.78, 5) is 13.4. The number of carbonyl (C=O) groups is 1. The van der Waals surface area contributed by atoms with Gasteiger partial charge in [-0.15, -0.1) is 0 Å². The number of hydrogen-bond donors (Lipinski definition) is 1. The van der Waals surface area contributed by atoms with Crippen LogP contribution in [-0.4, -0.2) is 76.8 Å². The predicted molar refractivity (Wildman–Crippen MR) is 130 cm³/mol. The Labute approximate surface area is 216 Å². The predicted octanol–water partition coefficient (Wildman–Crippen LogP) is 2.81. The summed E-state index contributed by atoms with van der Waals surface area (Å²) in [5.41, 5.74) is 1.40. The Bertz CT molecular complexity index is 1080. The molecule has 200 valence electrons. The van der Waals surface area contributed by atoms with Crippen LogP contribution >= 0.6 is 0 Å². The van der Waals surface area contributed by atoms with Crippen LogP contribution < -0.4 is 14.8 Å². The first kappa shape index (κ1) is 25.9. The average molecular weight is 516 g/mol. The molecular weight excluding hydrogens is 482 g/mol. The minimum Gasteiger partial charge on any atom is -0.454 e. The van der Waals surface area contributed by atoms with Crippen LogP contribution in [0.1, 0.15) is 35.7 Å². The summed E-state index contributed by atoms with van der Waals surface area (Å²) < 4.78 is 46.9. The van der Waals surface area contributed by atoms with E-state index in [0.717, 1.165) is 5.56 Å². The highest BCUT2D eigenvalue weighted by molar-refractivity contribution is 5.94. The number of rotatable bonds is 9. The van der Waals surface area contributed by atoms with Crippen molar-refractivity contribution in [3.63, 3.8) is 0 Å². The van der Waals surface area contributed by atoms with Crippen molar-refractivity contribution in [1.82, 2.24) is 5.32 Å². The molecule has 1 saturated carbocycles. The second-order valence-electron chi connectivity index (χ2n) is 9.64. The van der Waals surface area contributed by atoms with Crippen molar-refractivity contribution < 1.29 is 42.7 Å². The summed E-state index contributed by atoms with van der Waals surface area (Å²) in [6.45, 7) is 3.88. The van der Waals surface area contributed by atoms with Crippen LogP contribution in [0.2, 0.25) is 0 Å². The molecule has 2 aliphatic heterocycles. The minimum atomic E-state index is -0.907. The van der Waals surface area contributed by atoms with Gasteiger partial charge in [0.2, 0.25) is 6.79 Å².